The molecule has 0 spiro atoms. The first kappa shape index (κ1) is 21.6. The molecule has 1 aromatic carbocycles. The predicted molar refractivity (Wildman–Crippen MR) is 122 cm³/mol. The highest BCUT2D eigenvalue weighted by molar-refractivity contribution is 5.61. The van der Waals surface area contributed by atoms with Crippen molar-refractivity contribution in [3.05, 3.63) is 46.1 Å². The summed E-state index contributed by atoms with van der Waals surface area (Å²) >= 11 is 0. The highest BCUT2D eigenvalue weighted by atomic mass is 16.6. The van der Waals surface area contributed by atoms with E-state index in [-0.39, 0.29) is 10.6 Å². The average molecular weight is 425 g/mol. The molecule has 0 saturated carbocycles. The average Bonchev–Trinajstić information content (AvgIpc) is 3.09. The number of non-ortho nitro benzene ring substituents is 1. The van der Waals surface area contributed by atoms with Crippen LogP contribution in [0.1, 0.15) is 32.4 Å². The van der Waals surface area contributed by atoms with Gasteiger partial charge in [-0.1, -0.05) is 12.1 Å². The molecule has 2 unspecified atom stereocenters. The first-order valence-electron chi connectivity index (χ1n) is 11.2. The Morgan fingerprint density at radius 2 is 1.74 bits per heavy atom. The second-order valence-electron chi connectivity index (χ2n) is 8.84. The third kappa shape index (κ3) is 5.02. The summed E-state index contributed by atoms with van der Waals surface area (Å²) in [5, 5.41) is 11.1. The number of aryl methyl sites for hydroxylation is 1. The fourth-order valence-electron chi connectivity index (χ4n) is 4.75. The molecule has 2 aromatic rings. The van der Waals surface area contributed by atoms with Crippen LogP contribution in [0.4, 0.5) is 11.5 Å². The van der Waals surface area contributed by atoms with Gasteiger partial charge in [0.15, 0.2) is 5.82 Å². The lowest BCUT2D eigenvalue weighted by atomic mass is 10.2. The SMILES string of the molecule is Cc1cc(N2CCN(CCN3C(C)CCC3C)CC2)nc(-c2cccc([N+](=O)[O-])c2)n1. The molecule has 2 saturated heterocycles. The number of nitrogens with zero attached hydrogens (tertiary/aromatic N) is 6. The highest BCUT2D eigenvalue weighted by Crippen LogP contribution is 2.25. The molecule has 2 atom stereocenters. The number of aromatic nitrogens is 2. The monoisotopic (exact) mass is 424 g/mol. The van der Waals surface area contributed by atoms with Gasteiger partial charge in [0.2, 0.25) is 0 Å². The Hall–Kier alpha value is -2.58. The summed E-state index contributed by atoms with van der Waals surface area (Å²) in [6, 6.07) is 9.94. The zero-order valence-corrected chi connectivity index (χ0v) is 18.7. The quantitative estimate of drug-likeness (QED) is 0.520. The van der Waals surface area contributed by atoms with Crippen LogP contribution in [0.3, 0.4) is 0 Å². The van der Waals surface area contributed by atoms with E-state index in [0.29, 0.717) is 23.5 Å². The van der Waals surface area contributed by atoms with Crippen LogP contribution in [-0.2, 0) is 0 Å². The Balaban J connectivity index is 1.40. The van der Waals surface area contributed by atoms with Crippen molar-refractivity contribution in [1.82, 2.24) is 19.8 Å². The van der Waals surface area contributed by atoms with E-state index in [9.17, 15) is 10.1 Å². The molecule has 8 nitrogen and oxygen atoms in total. The normalized spacial score (nSPS) is 22.7. The van der Waals surface area contributed by atoms with Crippen LogP contribution in [-0.4, -0.2) is 76.0 Å². The first-order chi connectivity index (χ1) is 14.9. The van der Waals surface area contributed by atoms with Crippen molar-refractivity contribution in [3.8, 4) is 11.4 Å². The molecule has 0 N–H and O–H groups in total. The Morgan fingerprint density at radius 1 is 1.03 bits per heavy atom. The van der Waals surface area contributed by atoms with Crippen molar-refractivity contribution in [2.24, 2.45) is 0 Å². The molecule has 0 radical (unpaired) electrons. The second kappa shape index (κ2) is 9.28. The van der Waals surface area contributed by atoms with E-state index in [1.807, 2.05) is 19.1 Å². The third-order valence-corrected chi connectivity index (χ3v) is 6.66. The van der Waals surface area contributed by atoms with Crippen LogP contribution in [0, 0.1) is 17.0 Å². The molecule has 2 aliphatic heterocycles. The lowest BCUT2D eigenvalue weighted by molar-refractivity contribution is -0.384. The fourth-order valence-corrected chi connectivity index (χ4v) is 4.75. The molecule has 2 aliphatic rings. The Bertz CT molecular complexity index is 918. The van der Waals surface area contributed by atoms with Gasteiger partial charge in [-0.2, -0.15) is 0 Å². The van der Waals surface area contributed by atoms with Crippen LogP contribution in [0.15, 0.2) is 30.3 Å². The third-order valence-electron chi connectivity index (χ3n) is 6.66. The summed E-state index contributed by atoms with van der Waals surface area (Å²) in [4.78, 5) is 27.5. The summed E-state index contributed by atoms with van der Waals surface area (Å²) < 4.78 is 0. The number of nitro benzene ring substituents is 1. The van der Waals surface area contributed by atoms with Crippen LogP contribution in [0.2, 0.25) is 0 Å². The number of anilines is 1. The van der Waals surface area contributed by atoms with Gasteiger partial charge in [-0.15, -0.1) is 0 Å². The van der Waals surface area contributed by atoms with Crippen molar-refractivity contribution in [3.63, 3.8) is 0 Å². The summed E-state index contributed by atoms with van der Waals surface area (Å²) in [5.74, 6) is 1.44. The van der Waals surface area contributed by atoms with E-state index in [1.165, 1.54) is 25.0 Å². The Kier molecular flexibility index (Phi) is 6.48. The predicted octanol–water partition coefficient (Wildman–Crippen LogP) is 3.36. The molecule has 166 valence electrons. The minimum absolute atomic E-state index is 0.0550. The van der Waals surface area contributed by atoms with E-state index in [1.54, 1.807) is 6.07 Å². The van der Waals surface area contributed by atoms with Gasteiger partial charge in [-0.3, -0.25) is 19.9 Å². The van der Waals surface area contributed by atoms with Gasteiger partial charge in [0.1, 0.15) is 5.82 Å². The van der Waals surface area contributed by atoms with Gasteiger partial charge >= 0.3 is 0 Å². The number of likely N-dealkylation sites (tertiary alicyclic amines) is 1. The molecule has 2 fully saturated rings. The van der Waals surface area contributed by atoms with Gasteiger partial charge in [0, 0.05) is 80.8 Å². The molecule has 8 heteroatoms. The molecular formula is C23H32N6O2. The zero-order valence-electron chi connectivity index (χ0n) is 18.7. The number of nitro groups is 1. The molecule has 3 heterocycles. The van der Waals surface area contributed by atoms with E-state index in [2.05, 4.69) is 33.5 Å². The van der Waals surface area contributed by atoms with Crippen LogP contribution in [0.25, 0.3) is 11.4 Å². The van der Waals surface area contributed by atoms with Gasteiger partial charge in [-0.05, 0) is 33.6 Å². The van der Waals surface area contributed by atoms with Gasteiger partial charge < -0.3 is 4.90 Å². The molecule has 0 bridgehead atoms. The maximum Gasteiger partial charge on any atom is 0.270 e. The van der Waals surface area contributed by atoms with E-state index >= 15 is 0 Å². The summed E-state index contributed by atoms with van der Waals surface area (Å²) in [5.41, 5.74) is 1.59. The summed E-state index contributed by atoms with van der Waals surface area (Å²) in [6.45, 7) is 12.8. The lowest BCUT2D eigenvalue weighted by Crippen LogP contribution is -2.49. The standard InChI is InChI=1S/C23H32N6O2/c1-17-15-22(25-23(24-17)20-5-4-6-21(16-20)29(30)31)27-12-9-26(10-13-27)11-14-28-18(2)7-8-19(28)3/h4-6,15-16,18-19H,7-14H2,1-3H3. The van der Waals surface area contributed by atoms with E-state index in [0.717, 1.165) is 50.8 Å². The molecule has 0 amide bonds. The number of rotatable bonds is 6. The number of benzene rings is 1. The van der Waals surface area contributed by atoms with Gasteiger partial charge in [-0.25, -0.2) is 9.97 Å². The smallest absolute Gasteiger partial charge is 0.270 e. The minimum atomic E-state index is -0.386. The largest absolute Gasteiger partial charge is 0.354 e. The fraction of sp³-hybridized carbons (Fsp3) is 0.565. The van der Waals surface area contributed by atoms with Crippen LogP contribution >= 0.6 is 0 Å². The van der Waals surface area contributed by atoms with E-state index < -0.39 is 0 Å². The maximum atomic E-state index is 11.1. The maximum absolute atomic E-state index is 11.1. The van der Waals surface area contributed by atoms with Crippen molar-refractivity contribution >= 4 is 11.5 Å². The summed E-state index contributed by atoms with van der Waals surface area (Å²) in [6.07, 6.45) is 2.63. The molecular weight excluding hydrogens is 392 g/mol. The number of hydrogen-bond acceptors (Lipinski definition) is 7. The van der Waals surface area contributed by atoms with Crippen LogP contribution in [0.5, 0.6) is 0 Å². The van der Waals surface area contributed by atoms with Gasteiger partial charge in [0.25, 0.3) is 5.69 Å². The minimum Gasteiger partial charge on any atom is -0.354 e. The Morgan fingerprint density at radius 3 is 2.42 bits per heavy atom. The van der Waals surface area contributed by atoms with Crippen molar-refractivity contribution in [1.29, 1.82) is 0 Å². The molecule has 0 aliphatic carbocycles. The van der Waals surface area contributed by atoms with Crippen LogP contribution < -0.4 is 4.90 Å². The molecule has 4 rings (SSSR count). The lowest BCUT2D eigenvalue weighted by Gasteiger charge is -2.37. The topological polar surface area (TPSA) is 78.6 Å². The van der Waals surface area contributed by atoms with Crippen molar-refractivity contribution in [2.45, 2.75) is 45.7 Å². The number of piperazine rings is 1. The second-order valence-corrected chi connectivity index (χ2v) is 8.84. The van der Waals surface area contributed by atoms with Crippen molar-refractivity contribution in [2.75, 3.05) is 44.2 Å². The highest BCUT2D eigenvalue weighted by Gasteiger charge is 2.28. The Labute approximate surface area is 184 Å². The van der Waals surface area contributed by atoms with Gasteiger partial charge in [0.05, 0.1) is 4.92 Å². The summed E-state index contributed by atoms with van der Waals surface area (Å²) in [7, 11) is 0. The molecule has 31 heavy (non-hydrogen) atoms. The number of hydrogen-bond donors (Lipinski definition) is 0. The van der Waals surface area contributed by atoms with E-state index in [4.69, 9.17) is 4.98 Å². The molecule has 1 aromatic heterocycles. The first-order valence-corrected chi connectivity index (χ1v) is 11.2. The van der Waals surface area contributed by atoms with Crippen molar-refractivity contribution < 1.29 is 4.92 Å². The zero-order chi connectivity index (χ0) is 22.0.